The minimum absolute atomic E-state index is 0.0257. The van der Waals surface area contributed by atoms with Crippen LogP contribution in [0.4, 0.5) is 5.69 Å². The number of hydrogen-bond acceptors (Lipinski definition) is 4. The second kappa shape index (κ2) is 9.66. The lowest BCUT2D eigenvalue weighted by atomic mass is 10.0. The van der Waals surface area contributed by atoms with Crippen LogP contribution in [0.1, 0.15) is 18.1 Å². The van der Waals surface area contributed by atoms with Gasteiger partial charge in [-0.15, -0.1) is 0 Å². The number of carbonyl (C=O) groups is 1. The number of aromatic nitrogens is 1. The van der Waals surface area contributed by atoms with Gasteiger partial charge >= 0.3 is 0 Å². The summed E-state index contributed by atoms with van der Waals surface area (Å²) in [5.74, 6) is -0.0702. The van der Waals surface area contributed by atoms with Gasteiger partial charge in [-0.2, -0.15) is 0 Å². The van der Waals surface area contributed by atoms with Crippen LogP contribution in [0, 0.1) is 0 Å². The standard InChI is InChI=1S/C24H26N4O/c1-3-23(21-8-5-13-26-16-21)27-22-11-9-19(10-12-22)20-7-4-6-18(14-20)17-28(2)24(29)15-25/h3-14,16,27H,15,17,25H2,1-2H3/b23-3-. The van der Waals surface area contributed by atoms with Crippen molar-refractivity contribution in [3.05, 3.63) is 90.3 Å². The molecule has 0 saturated carbocycles. The molecule has 5 heteroatoms. The van der Waals surface area contributed by atoms with Crippen LogP contribution in [0.5, 0.6) is 0 Å². The van der Waals surface area contributed by atoms with E-state index in [-0.39, 0.29) is 12.5 Å². The normalized spacial score (nSPS) is 11.2. The van der Waals surface area contributed by atoms with Crippen LogP contribution < -0.4 is 11.1 Å². The van der Waals surface area contributed by atoms with E-state index in [0.717, 1.165) is 33.6 Å². The molecule has 0 aliphatic rings. The molecule has 0 radical (unpaired) electrons. The molecule has 1 aromatic heterocycles. The SMILES string of the molecule is C/C=C(\Nc1ccc(-c2cccc(CN(C)C(=O)CN)c2)cc1)c1cccnc1. The maximum absolute atomic E-state index is 11.7. The highest BCUT2D eigenvalue weighted by atomic mass is 16.2. The lowest BCUT2D eigenvalue weighted by Gasteiger charge is -2.17. The van der Waals surface area contributed by atoms with Gasteiger partial charge in [0.2, 0.25) is 5.91 Å². The van der Waals surface area contributed by atoms with Crippen LogP contribution in [0.15, 0.2) is 79.1 Å². The number of carbonyl (C=O) groups excluding carboxylic acids is 1. The fourth-order valence-corrected chi connectivity index (χ4v) is 3.10. The summed E-state index contributed by atoms with van der Waals surface area (Å²) in [5, 5.41) is 3.45. The number of nitrogens with zero attached hydrogens (tertiary/aromatic N) is 2. The zero-order chi connectivity index (χ0) is 20.6. The first-order chi connectivity index (χ1) is 14.1. The molecule has 1 amide bonds. The fraction of sp³-hybridized carbons (Fsp3) is 0.167. The van der Waals surface area contributed by atoms with Crippen LogP contribution in [0.2, 0.25) is 0 Å². The minimum atomic E-state index is -0.0702. The average molecular weight is 386 g/mol. The van der Waals surface area contributed by atoms with Gasteiger partial charge in [0.1, 0.15) is 0 Å². The van der Waals surface area contributed by atoms with Crippen molar-refractivity contribution in [2.24, 2.45) is 5.73 Å². The van der Waals surface area contributed by atoms with Gasteiger partial charge < -0.3 is 16.0 Å². The summed E-state index contributed by atoms with van der Waals surface area (Å²) in [6, 6.07) is 20.5. The number of rotatable bonds is 7. The van der Waals surface area contributed by atoms with Crippen molar-refractivity contribution in [2.45, 2.75) is 13.5 Å². The predicted octanol–water partition coefficient (Wildman–Crippen LogP) is 4.14. The van der Waals surface area contributed by atoms with E-state index in [9.17, 15) is 4.79 Å². The number of likely N-dealkylation sites (N-methyl/N-ethyl adjacent to an activating group) is 1. The molecule has 3 aromatic rings. The third-order valence-corrected chi connectivity index (χ3v) is 4.71. The summed E-state index contributed by atoms with van der Waals surface area (Å²) in [6.45, 7) is 2.57. The third kappa shape index (κ3) is 5.30. The highest BCUT2D eigenvalue weighted by molar-refractivity contribution is 5.78. The van der Waals surface area contributed by atoms with Crippen molar-refractivity contribution < 1.29 is 4.79 Å². The topological polar surface area (TPSA) is 71.2 Å². The van der Waals surface area contributed by atoms with Crippen LogP contribution in [0.25, 0.3) is 16.8 Å². The molecule has 0 fully saturated rings. The van der Waals surface area contributed by atoms with E-state index in [4.69, 9.17) is 5.73 Å². The Labute approximate surface area is 171 Å². The smallest absolute Gasteiger partial charge is 0.236 e. The van der Waals surface area contributed by atoms with Crippen molar-refractivity contribution >= 4 is 17.3 Å². The molecular formula is C24H26N4O. The number of nitrogens with one attached hydrogen (secondary N) is 1. The zero-order valence-electron chi connectivity index (χ0n) is 16.8. The fourth-order valence-electron chi connectivity index (χ4n) is 3.10. The Morgan fingerprint density at radius 3 is 2.55 bits per heavy atom. The summed E-state index contributed by atoms with van der Waals surface area (Å²) < 4.78 is 0. The molecule has 0 bridgehead atoms. The van der Waals surface area contributed by atoms with Gasteiger partial charge in [0.05, 0.1) is 6.54 Å². The maximum atomic E-state index is 11.7. The Morgan fingerprint density at radius 2 is 1.90 bits per heavy atom. The molecule has 1 heterocycles. The molecule has 29 heavy (non-hydrogen) atoms. The van der Waals surface area contributed by atoms with Crippen molar-refractivity contribution in [1.82, 2.24) is 9.88 Å². The highest BCUT2D eigenvalue weighted by Gasteiger charge is 2.08. The quantitative estimate of drug-likeness (QED) is 0.640. The average Bonchev–Trinajstić information content (AvgIpc) is 2.78. The Hall–Kier alpha value is -3.44. The van der Waals surface area contributed by atoms with Crippen LogP contribution in [-0.2, 0) is 11.3 Å². The Kier molecular flexibility index (Phi) is 6.76. The molecule has 0 unspecified atom stereocenters. The van der Waals surface area contributed by atoms with Crippen molar-refractivity contribution in [3.63, 3.8) is 0 Å². The molecule has 0 atom stereocenters. The highest BCUT2D eigenvalue weighted by Crippen LogP contribution is 2.25. The first-order valence-corrected chi connectivity index (χ1v) is 9.58. The monoisotopic (exact) mass is 386 g/mol. The van der Waals surface area contributed by atoms with Gasteiger partial charge in [0.25, 0.3) is 0 Å². The second-order valence-corrected chi connectivity index (χ2v) is 6.80. The van der Waals surface area contributed by atoms with Crippen LogP contribution in [0.3, 0.4) is 0 Å². The summed E-state index contributed by atoms with van der Waals surface area (Å²) in [7, 11) is 1.77. The molecule has 2 aromatic carbocycles. The molecule has 3 rings (SSSR count). The summed E-state index contributed by atoms with van der Waals surface area (Å²) in [6.07, 6.45) is 5.64. The molecule has 148 valence electrons. The molecular weight excluding hydrogens is 360 g/mol. The van der Waals surface area contributed by atoms with E-state index < -0.39 is 0 Å². The van der Waals surface area contributed by atoms with Crippen molar-refractivity contribution in [1.29, 1.82) is 0 Å². The van der Waals surface area contributed by atoms with Crippen LogP contribution in [-0.4, -0.2) is 29.4 Å². The summed E-state index contributed by atoms with van der Waals surface area (Å²) >= 11 is 0. The van der Waals surface area contributed by atoms with E-state index in [1.54, 1.807) is 18.1 Å². The van der Waals surface area contributed by atoms with Crippen molar-refractivity contribution in [2.75, 3.05) is 18.9 Å². The van der Waals surface area contributed by atoms with E-state index in [1.807, 2.05) is 43.5 Å². The number of benzene rings is 2. The van der Waals surface area contributed by atoms with Gasteiger partial charge in [-0.25, -0.2) is 0 Å². The number of anilines is 1. The molecule has 0 spiro atoms. The van der Waals surface area contributed by atoms with E-state index in [1.165, 1.54) is 0 Å². The number of nitrogens with two attached hydrogens (primary N) is 1. The van der Waals surface area contributed by atoms with Gasteiger partial charge in [0.15, 0.2) is 0 Å². The zero-order valence-corrected chi connectivity index (χ0v) is 16.8. The van der Waals surface area contributed by atoms with Gasteiger partial charge in [-0.1, -0.05) is 36.4 Å². The molecule has 5 nitrogen and oxygen atoms in total. The first-order valence-electron chi connectivity index (χ1n) is 9.58. The van der Waals surface area contributed by atoms with Crippen LogP contribution >= 0.6 is 0 Å². The first kappa shape index (κ1) is 20.3. The van der Waals surface area contributed by atoms with Gasteiger partial charge in [-0.05, 0) is 53.9 Å². The van der Waals surface area contributed by atoms with E-state index in [2.05, 4.69) is 46.7 Å². The Bertz CT molecular complexity index is 981. The van der Waals surface area contributed by atoms with Gasteiger partial charge in [-0.3, -0.25) is 9.78 Å². The molecule has 0 aliphatic carbocycles. The van der Waals surface area contributed by atoms with Gasteiger partial charge in [0, 0.05) is 42.9 Å². The molecule has 0 aliphatic heterocycles. The Morgan fingerprint density at radius 1 is 1.10 bits per heavy atom. The number of hydrogen-bond donors (Lipinski definition) is 2. The largest absolute Gasteiger partial charge is 0.355 e. The number of amides is 1. The minimum Gasteiger partial charge on any atom is -0.355 e. The summed E-state index contributed by atoms with van der Waals surface area (Å²) in [4.78, 5) is 17.5. The lowest BCUT2D eigenvalue weighted by molar-refractivity contribution is -0.128. The van der Waals surface area contributed by atoms with E-state index >= 15 is 0 Å². The second-order valence-electron chi connectivity index (χ2n) is 6.80. The number of pyridine rings is 1. The molecule has 3 N–H and O–H groups in total. The lowest BCUT2D eigenvalue weighted by Crippen LogP contribution is -2.32. The number of allylic oxidation sites excluding steroid dienone is 1. The maximum Gasteiger partial charge on any atom is 0.236 e. The summed E-state index contributed by atoms with van der Waals surface area (Å²) in [5.41, 5.74) is 11.8. The molecule has 0 saturated heterocycles. The third-order valence-electron chi connectivity index (χ3n) is 4.71. The predicted molar refractivity (Wildman–Crippen MR) is 119 cm³/mol. The van der Waals surface area contributed by atoms with E-state index in [0.29, 0.717) is 6.54 Å². The Balaban J connectivity index is 1.73. The van der Waals surface area contributed by atoms with Crippen molar-refractivity contribution in [3.8, 4) is 11.1 Å².